The van der Waals surface area contributed by atoms with Crippen LogP contribution in [0, 0.1) is 5.92 Å². The van der Waals surface area contributed by atoms with Crippen molar-refractivity contribution in [3.63, 3.8) is 0 Å². The predicted molar refractivity (Wildman–Crippen MR) is 60.9 cm³/mol. The lowest BCUT2D eigenvalue weighted by Crippen LogP contribution is -2.10. The largest absolute Gasteiger partial charge is 0.319 e. The number of nitrogens with zero attached hydrogens (tertiary/aromatic N) is 1. The number of aryl methyl sites for hydroxylation is 1. The van der Waals surface area contributed by atoms with Crippen LogP contribution in [0.3, 0.4) is 0 Å². The van der Waals surface area contributed by atoms with Gasteiger partial charge in [0.2, 0.25) is 0 Å². The molecule has 1 atom stereocenters. The molecule has 0 saturated carbocycles. The van der Waals surface area contributed by atoms with Crippen molar-refractivity contribution < 1.29 is 0 Å². The zero-order valence-electron chi connectivity index (χ0n) is 8.97. The van der Waals surface area contributed by atoms with E-state index in [9.17, 15) is 0 Å². The molecule has 0 aromatic carbocycles. The molecule has 2 nitrogen and oxygen atoms in total. The molecule has 1 aromatic rings. The molecule has 0 aliphatic heterocycles. The quantitative estimate of drug-likeness (QED) is 0.825. The van der Waals surface area contributed by atoms with Gasteiger partial charge in [0.25, 0.3) is 0 Å². The highest BCUT2D eigenvalue weighted by Crippen LogP contribution is 2.29. The second-order valence-electron chi connectivity index (χ2n) is 4.18. The fourth-order valence-electron chi connectivity index (χ4n) is 1.93. The molecule has 78 valence electrons. The van der Waals surface area contributed by atoms with Gasteiger partial charge in [0.15, 0.2) is 0 Å². The van der Waals surface area contributed by atoms with Crippen molar-refractivity contribution in [1.29, 1.82) is 0 Å². The second kappa shape index (κ2) is 4.41. The Morgan fingerprint density at radius 1 is 1.57 bits per heavy atom. The van der Waals surface area contributed by atoms with Gasteiger partial charge in [0.1, 0.15) is 0 Å². The molecule has 0 spiro atoms. The average Bonchev–Trinajstić information content (AvgIpc) is 2.56. The van der Waals surface area contributed by atoms with Gasteiger partial charge in [-0.3, -0.25) is 0 Å². The van der Waals surface area contributed by atoms with E-state index in [4.69, 9.17) is 4.98 Å². The standard InChI is InChI=1S/C11H18N2S/c1-8-3-4-9-10(7-8)14-11(13-9)5-6-12-2/h8,12H,3-7H2,1-2H3. The van der Waals surface area contributed by atoms with E-state index in [1.165, 1.54) is 30.0 Å². The maximum atomic E-state index is 4.70. The Balaban J connectivity index is 2.07. The van der Waals surface area contributed by atoms with Gasteiger partial charge in [-0.1, -0.05) is 6.92 Å². The second-order valence-corrected chi connectivity index (χ2v) is 5.35. The van der Waals surface area contributed by atoms with Gasteiger partial charge in [0.05, 0.1) is 10.7 Å². The van der Waals surface area contributed by atoms with Crippen LogP contribution in [0.1, 0.15) is 28.9 Å². The molecule has 14 heavy (non-hydrogen) atoms. The third-order valence-electron chi connectivity index (χ3n) is 2.82. The van der Waals surface area contributed by atoms with Crippen molar-refractivity contribution in [3.05, 3.63) is 15.6 Å². The first-order valence-corrected chi connectivity index (χ1v) is 6.23. The summed E-state index contributed by atoms with van der Waals surface area (Å²) in [5, 5.41) is 4.49. The Labute approximate surface area is 89.8 Å². The number of aromatic nitrogens is 1. The van der Waals surface area contributed by atoms with Gasteiger partial charge in [-0.25, -0.2) is 4.98 Å². The van der Waals surface area contributed by atoms with E-state index in [2.05, 4.69) is 12.2 Å². The van der Waals surface area contributed by atoms with Crippen molar-refractivity contribution >= 4 is 11.3 Å². The highest BCUT2D eigenvalue weighted by atomic mass is 32.1. The van der Waals surface area contributed by atoms with Gasteiger partial charge >= 0.3 is 0 Å². The molecule has 0 fully saturated rings. The first-order valence-electron chi connectivity index (χ1n) is 5.41. The van der Waals surface area contributed by atoms with Gasteiger partial charge in [-0.15, -0.1) is 11.3 Å². The zero-order chi connectivity index (χ0) is 9.97. The first-order chi connectivity index (χ1) is 6.79. The molecule has 1 aliphatic rings. The van der Waals surface area contributed by atoms with Gasteiger partial charge in [-0.2, -0.15) is 0 Å². The van der Waals surface area contributed by atoms with Crippen LogP contribution in [0.5, 0.6) is 0 Å². The minimum atomic E-state index is 0.861. The molecule has 0 amide bonds. The van der Waals surface area contributed by atoms with Crippen LogP contribution in [0.15, 0.2) is 0 Å². The molecule has 1 aromatic heterocycles. The molecule has 1 N–H and O–H groups in total. The molecular formula is C11H18N2S. The van der Waals surface area contributed by atoms with Gasteiger partial charge in [0, 0.05) is 17.8 Å². The number of nitrogens with one attached hydrogen (secondary N) is 1. The van der Waals surface area contributed by atoms with Crippen molar-refractivity contribution in [1.82, 2.24) is 10.3 Å². The highest BCUT2D eigenvalue weighted by Gasteiger charge is 2.19. The Bertz CT molecular complexity index is 306. The van der Waals surface area contributed by atoms with Crippen LogP contribution in [0.25, 0.3) is 0 Å². The van der Waals surface area contributed by atoms with Crippen LogP contribution in [0.4, 0.5) is 0 Å². The van der Waals surface area contributed by atoms with Crippen LogP contribution in [-0.4, -0.2) is 18.6 Å². The number of hydrogen-bond acceptors (Lipinski definition) is 3. The monoisotopic (exact) mass is 210 g/mol. The molecule has 1 heterocycles. The summed E-state index contributed by atoms with van der Waals surface area (Å²) < 4.78 is 0. The number of fused-ring (bicyclic) bond motifs is 1. The fraction of sp³-hybridized carbons (Fsp3) is 0.727. The van der Waals surface area contributed by atoms with Crippen molar-refractivity contribution in [2.45, 2.75) is 32.6 Å². The van der Waals surface area contributed by atoms with Crippen molar-refractivity contribution in [2.75, 3.05) is 13.6 Å². The maximum absolute atomic E-state index is 4.70. The van der Waals surface area contributed by atoms with E-state index in [0.717, 1.165) is 18.9 Å². The smallest absolute Gasteiger partial charge is 0.0943 e. The number of hydrogen-bond donors (Lipinski definition) is 1. The molecule has 3 heteroatoms. The highest BCUT2D eigenvalue weighted by molar-refractivity contribution is 7.11. The summed E-state index contributed by atoms with van der Waals surface area (Å²) in [6.45, 7) is 3.39. The van der Waals surface area contributed by atoms with E-state index >= 15 is 0 Å². The van der Waals surface area contributed by atoms with Gasteiger partial charge in [-0.05, 0) is 32.2 Å². The normalized spacial score (nSPS) is 20.9. The molecule has 0 bridgehead atoms. The topological polar surface area (TPSA) is 24.9 Å². The Morgan fingerprint density at radius 3 is 3.21 bits per heavy atom. The number of thiazole rings is 1. The Hall–Kier alpha value is -0.410. The average molecular weight is 210 g/mol. The van der Waals surface area contributed by atoms with Crippen LogP contribution < -0.4 is 5.32 Å². The lowest BCUT2D eigenvalue weighted by Gasteiger charge is -2.15. The Kier molecular flexibility index (Phi) is 3.19. The van der Waals surface area contributed by atoms with Crippen LogP contribution in [-0.2, 0) is 19.3 Å². The lowest BCUT2D eigenvalue weighted by molar-refractivity contribution is 0.501. The maximum Gasteiger partial charge on any atom is 0.0943 e. The minimum Gasteiger partial charge on any atom is -0.319 e. The molecule has 2 rings (SSSR count). The predicted octanol–water partition coefficient (Wildman–Crippen LogP) is 2.03. The SMILES string of the molecule is CNCCc1nc2c(s1)CC(C)CC2. The van der Waals surface area contributed by atoms with E-state index in [1.807, 2.05) is 18.4 Å². The summed E-state index contributed by atoms with van der Waals surface area (Å²) in [5.41, 5.74) is 1.39. The third-order valence-corrected chi connectivity index (χ3v) is 4.00. The van der Waals surface area contributed by atoms with E-state index in [1.54, 1.807) is 4.88 Å². The van der Waals surface area contributed by atoms with Gasteiger partial charge < -0.3 is 5.32 Å². The van der Waals surface area contributed by atoms with E-state index in [-0.39, 0.29) is 0 Å². The molecular weight excluding hydrogens is 192 g/mol. The van der Waals surface area contributed by atoms with E-state index < -0.39 is 0 Å². The summed E-state index contributed by atoms with van der Waals surface area (Å²) in [7, 11) is 2.00. The third kappa shape index (κ3) is 2.15. The van der Waals surface area contributed by atoms with Crippen LogP contribution in [0.2, 0.25) is 0 Å². The Morgan fingerprint density at radius 2 is 2.43 bits per heavy atom. The summed E-state index contributed by atoms with van der Waals surface area (Å²) >= 11 is 1.93. The van der Waals surface area contributed by atoms with Crippen molar-refractivity contribution in [2.24, 2.45) is 5.92 Å². The minimum absolute atomic E-state index is 0.861. The summed E-state index contributed by atoms with van der Waals surface area (Å²) in [6, 6.07) is 0. The summed E-state index contributed by atoms with van der Waals surface area (Å²) in [5.74, 6) is 0.861. The number of likely N-dealkylation sites (N-methyl/N-ethyl adjacent to an activating group) is 1. The molecule has 0 saturated heterocycles. The fourth-order valence-corrected chi connectivity index (χ4v) is 3.21. The molecule has 1 unspecified atom stereocenters. The summed E-state index contributed by atoms with van der Waals surface area (Å²) in [4.78, 5) is 6.25. The first kappa shape index (κ1) is 10.1. The zero-order valence-corrected chi connectivity index (χ0v) is 9.78. The number of rotatable bonds is 3. The van der Waals surface area contributed by atoms with Crippen molar-refractivity contribution in [3.8, 4) is 0 Å². The molecule has 1 aliphatic carbocycles. The lowest BCUT2D eigenvalue weighted by atomic mass is 9.93. The molecule has 0 radical (unpaired) electrons. The van der Waals surface area contributed by atoms with E-state index in [0.29, 0.717) is 0 Å². The summed E-state index contributed by atoms with van der Waals surface area (Å²) in [6.07, 6.45) is 4.86. The van der Waals surface area contributed by atoms with Crippen LogP contribution >= 0.6 is 11.3 Å².